The second kappa shape index (κ2) is 6.59. The van der Waals surface area contributed by atoms with Gasteiger partial charge in [-0.1, -0.05) is 19.1 Å². The lowest BCUT2D eigenvalue weighted by Crippen LogP contribution is -2.23. The van der Waals surface area contributed by atoms with E-state index in [1.807, 2.05) is 25.1 Å². The van der Waals surface area contributed by atoms with Gasteiger partial charge in [-0.2, -0.15) is 0 Å². The van der Waals surface area contributed by atoms with Crippen LogP contribution in [0.15, 0.2) is 24.3 Å². The fourth-order valence-electron chi connectivity index (χ4n) is 1.83. The first kappa shape index (κ1) is 14.6. The summed E-state index contributed by atoms with van der Waals surface area (Å²) in [4.78, 5) is 4.64. The first-order chi connectivity index (χ1) is 9.08. The summed E-state index contributed by atoms with van der Waals surface area (Å²) >= 11 is 1.74. The third-order valence-electron chi connectivity index (χ3n) is 3.25. The zero-order chi connectivity index (χ0) is 13.8. The van der Waals surface area contributed by atoms with Crippen molar-refractivity contribution in [1.82, 2.24) is 10.3 Å². The van der Waals surface area contributed by atoms with Crippen molar-refractivity contribution in [1.29, 1.82) is 0 Å². The van der Waals surface area contributed by atoms with E-state index in [0.717, 1.165) is 23.5 Å². The van der Waals surface area contributed by atoms with E-state index in [1.54, 1.807) is 17.6 Å². The van der Waals surface area contributed by atoms with E-state index in [2.05, 4.69) is 23.3 Å². The minimum absolute atomic E-state index is 0.245. The number of hydrogen-bond donors (Lipinski definition) is 1. The maximum absolute atomic E-state index is 11.3. The van der Waals surface area contributed by atoms with Crippen LogP contribution in [0, 0.1) is 0 Å². The van der Waals surface area contributed by atoms with Crippen LogP contribution in [-0.2, 0) is 10.8 Å². The smallest absolute Gasteiger partial charge is 0.111 e. The molecule has 104 valence electrons. The molecule has 3 unspecified atom stereocenters. The molecule has 3 atom stereocenters. The van der Waals surface area contributed by atoms with Gasteiger partial charge in [0.15, 0.2) is 0 Å². The normalized spacial score (nSPS) is 16.4. The van der Waals surface area contributed by atoms with Crippen molar-refractivity contribution < 1.29 is 4.21 Å². The molecule has 1 N–H and O–H groups in total. The lowest BCUT2D eigenvalue weighted by atomic mass is 10.3. The molecule has 0 spiro atoms. The SMILES string of the molecule is CC(NCCC(C)S(C)=O)c1nc2ccccc2s1. The third kappa shape index (κ3) is 3.84. The molecule has 0 saturated heterocycles. The molecule has 0 saturated carbocycles. The minimum atomic E-state index is -0.735. The molecule has 2 rings (SSSR count). The zero-order valence-corrected chi connectivity index (χ0v) is 13.2. The molecule has 19 heavy (non-hydrogen) atoms. The Morgan fingerprint density at radius 1 is 1.37 bits per heavy atom. The Balaban J connectivity index is 1.92. The second-order valence-corrected chi connectivity index (χ2v) is 7.66. The quantitative estimate of drug-likeness (QED) is 0.890. The number of aromatic nitrogens is 1. The van der Waals surface area contributed by atoms with Crippen molar-refractivity contribution >= 4 is 32.4 Å². The molecule has 2 aromatic rings. The van der Waals surface area contributed by atoms with Crippen LogP contribution in [0.4, 0.5) is 0 Å². The van der Waals surface area contributed by atoms with E-state index in [1.165, 1.54) is 4.70 Å². The molecule has 0 aliphatic heterocycles. The number of benzene rings is 1. The number of nitrogens with zero attached hydrogens (tertiary/aromatic N) is 1. The van der Waals surface area contributed by atoms with Crippen molar-refractivity contribution in [2.45, 2.75) is 31.6 Å². The van der Waals surface area contributed by atoms with Gasteiger partial charge in [-0.05, 0) is 32.0 Å². The zero-order valence-electron chi connectivity index (χ0n) is 11.6. The first-order valence-corrected chi connectivity index (χ1v) is 8.93. The lowest BCUT2D eigenvalue weighted by Gasteiger charge is -2.13. The van der Waals surface area contributed by atoms with Gasteiger partial charge in [0.1, 0.15) is 5.01 Å². The van der Waals surface area contributed by atoms with Crippen molar-refractivity contribution in [3.8, 4) is 0 Å². The summed E-state index contributed by atoms with van der Waals surface area (Å²) in [6, 6.07) is 8.45. The number of hydrogen-bond acceptors (Lipinski definition) is 4. The second-order valence-electron chi connectivity index (χ2n) is 4.79. The van der Waals surface area contributed by atoms with Gasteiger partial charge in [-0.3, -0.25) is 4.21 Å². The monoisotopic (exact) mass is 296 g/mol. The summed E-state index contributed by atoms with van der Waals surface area (Å²) in [5, 5.41) is 4.82. The standard InChI is InChI=1S/C14H20N2OS2/c1-10(19(3)17)8-9-15-11(2)14-16-12-6-4-5-7-13(12)18-14/h4-7,10-11,15H,8-9H2,1-3H3. The van der Waals surface area contributed by atoms with E-state index < -0.39 is 10.8 Å². The first-order valence-electron chi connectivity index (χ1n) is 6.49. The van der Waals surface area contributed by atoms with E-state index in [9.17, 15) is 4.21 Å². The molecule has 0 amide bonds. The highest BCUT2D eigenvalue weighted by Gasteiger charge is 2.12. The Morgan fingerprint density at radius 2 is 2.11 bits per heavy atom. The number of para-hydroxylation sites is 1. The van der Waals surface area contributed by atoms with Gasteiger partial charge >= 0.3 is 0 Å². The maximum Gasteiger partial charge on any atom is 0.111 e. The summed E-state index contributed by atoms with van der Waals surface area (Å²) in [6.45, 7) is 5.03. The molecular formula is C14H20N2OS2. The Labute approximate surface area is 120 Å². The van der Waals surface area contributed by atoms with Crippen LogP contribution in [0.25, 0.3) is 10.2 Å². The van der Waals surface area contributed by atoms with Gasteiger partial charge in [0.25, 0.3) is 0 Å². The minimum Gasteiger partial charge on any atom is -0.308 e. The van der Waals surface area contributed by atoms with Crippen LogP contribution >= 0.6 is 11.3 Å². The summed E-state index contributed by atoms with van der Waals surface area (Å²) in [7, 11) is -0.735. The molecule has 1 heterocycles. The number of rotatable bonds is 6. The molecule has 1 aromatic carbocycles. The van der Waals surface area contributed by atoms with Crippen LogP contribution in [-0.4, -0.2) is 27.2 Å². The Hall–Kier alpha value is -0.780. The van der Waals surface area contributed by atoms with Crippen LogP contribution in [0.1, 0.15) is 31.3 Å². The molecule has 0 bridgehead atoms. The van der Waals surface area contributed by atoms with Gasteiger partial charge < -0.3 is 5.32 Å². The van der Waals surface area contributed by atoms with Crippen molar-refractivity contribution in [3.63, 3.8) is 0 Å². The average Bonchev–Trinajstić information content (AvgIpc) is 2.82. The van der Waals surface area contributed by atoms with Crippen molar-refractivity contribution in [3.05, 3.63) is 29.3 Å². The van der Waals surface area contributed by atoms with Crippen molar-refractivity contribution in [2.24, 2.45) is 0 Å². The summed E-state index contributed by atoms with van der Waals surface area (Å²) < 4.78 is 12.5. The largest absolute Gasteiger partial charge is 0.308 e. The predicted octanol–water partition coefficient (Wildman–Crippen LogP) is 3.10. The topological polar surface area (TPSA) is 42.0 Å². The van der Waals surface area contributed by atoms with Crippen molar-refractivity contribution in [2.75, 3.05) is 12.8 Å². The Morgan fingerprint density at radius 3 is 2.79 bits per heavy atom. The highest BCUT2D eigenvalue weighted by molar-refractivity contribution is 7.84. The van der Waals surface area contributed by atoms with E-state index in [0.29, 0.717) is 0 Å². The number of fused-ring (bicyclic) bond motifs is 1. The van der Waals surface area contributed by atoms with Gasteiger partial charge in [0, 0.05) is 22.3 Å². The molecule has 0 radical (unpaired) electrons. The Bertz CT molecular complexity index is 534. The number of thiazole rings is 1. The lowest BCUT2D eigenvalue weighted by molar-refractivity contribution is 0.552. The molecule has 0 fully saturated rings. The molecule has 3 nitrogen and oxygen atoms in total. The third-order valence-corrected chi connectivity index (χ3v) is 5.84. The maximum atomic E-state index is 11.3. The Kier molecular flexibility index (Phi) is 5.07. The van der Waals surface area contributed by atoms with Crippen LogP contribution < -0.4 is 5.32 Å². The summed E-state index contributed by atoms with van der Waals surface area (Å²) in [5.74, 6) is 0. The van der Waals surface area contributed by atoms with Crippen LogP contribution in [0.3, 0.4) is 0 Å². The fraction of sp³-hybridized carbons (Fsp3) is 0.500. The molecule has 0 aliphatic carbocycles. The van der Waals surface area contributed by atoms with E-state index in [-0.39, 0.29) is 11.3 Å². The summed E-state index contributed by atoms with van der Waals surface area (Å²) in [5.41, 5.74) is 1.07. The molecule has 1 aromatic heterocycles. The summed E-state index contributed by atoms with van der Waals surface area (Å²) in [6.07, 6.45) is 2.69. The van der Waals surface area contributed by atoms with E-state index in [4.69, 9.17) is 0 Å². The highest BCUT2D eigenvalue weighted by atomic mass is 32.2. The van der Waals surface area contributed by atoms with Gasteiger partial charge in [0.2, 0.25) is 0 Å². The highest BCUT2D eigenvalue weighted by Crippen LogP contribution is 2.25. The molecule has 5 heteroatoms. The predicted molar refractivity (Wildman–Crippen MR) is 84.2 cm³/mol. The van der Waals surface area contributed by atoms with Gasteiger partial charge in [-0.15, -0.1) is 11.3 Å². The van der Waals surface area contributed by atoms with E-state index >= 15 is 0 Å². The molecule has 0 aliphatic rings. The van der Waals surface area contributed by atoms with Gasteiger partial charge in [-0.25, -0.2) is 4.98 Å². The average molecular weight is 296 g/mol. The molecular weight excluding hydrogens is 276 g/mol. The fourth-order valence-corrected chi connectivity index (χ4v) is 3.28. The van der Waals surface area contributed by atoms with Crippen LogP contribution in [0.5, 0.6) is 0 Å². The number of nitrogens with one attached hydrogen (secondary N) is 1. The van der Waals surface area contributed by atoms with Gasteiger partial charge in [0.05, 0.1) is 16.3 Å². The van der Waals surface area contributed by atoms with Crippen LogP contribution in [0.2, 0.25) is 0 Å².